The molecule has 0 spiro atoms. The van der Waals surface area contributed by atoms with E-state index < -0.39 is 6.04 Å². The minimum absolute atomic E-state index is 0.250. The van der Waals surface area contributed by atoms with Crippen molar-refractivity contribution < 1.29 is 9.21 Å². The minimum Gasteiger partial charge on any atom is -0.428 e. The van der Waals surface area contributed by atoms with Crippen LogP contribution in [0.5, 0.6) is 0 Å². The third-order valence-corrected chi connectivity index (χ3v) is 5.95. The van der Waals surface area contributed by atoms with Gasteiger partial charge in [0.2, 0.25) is 5.96 Å². The second kappa shape index (κ2) is 9.52. The molecule has 3 aromatic rings. The van der Waals surface area contributed by atoms with Gasteiger partial charge in [-0.3, -0.25) is 15.1 Å². The molecule has 1 aromatic carbocycles. The van der Waals surface area contributed by atoms with E-state index in [1.165, 1.54) is 0 Å². The van der Waals surface area contributed by atoms with Gasteiger partial charge in [0.1, 0.15) is 17.5 Å². The van der Waals surface area contributed by atoms with Gasteiger partial charge >= 0.3 is 6.01 Å². The average Bonchev–Trinajstić information content (AvgIpc) is 3.25. The van der Waals surface area contributed by atoms with E-state index in [4.69, 9.17) is 21.0 Å². The fraction of sp³-hybridized carbons (Fsp3) is 0.200. The van der Waals surface area contributed by atoms with Crippen LogP contribution in [0, 0.1) is 0 Å². The van der Waals surface area contributed by atoms with Crippen LogP contribution in [-0.2, 0) is 17.8 Å². The second-order valence-corrected chi connectivity index (χ2v) is 8.37. The molecule has 5 rings (SSSR count). The Morgan fingerprint density at radius 1 is 1.24 bits per heavy atom. The fourth-order valence-electron chi connectivity index (χ4n) is 3.96. The molecule has 0 fully saturated rings. The molecule has 1 unspecified atom stereocenters. The van der Waals surface area contributed by atoms with Gasteiger partial charge in [0.05, 0.1) is 17.8 Å². The molecule has 0 saturated heterocycles. The van der Waals surface area contributed by atoms with Gasteiger partial charge in [-0.2, -0.15) is 4.98 Å². The number of guanidine groups is 1. The van der Waals surface area contributed by atoms with Crippen LogP contribution < -0.4 is 16.0 Å². The first-order chi connectivity index (χ1) is 16.6. The summed E-state index contributed by atoms with van der Waals surface area (Å²) in [4.78, 5) is 26.8. The number of benzene rings is 1. The zero-order valence-electron chi connectivity index (χ0n) is 18.5. The van der Waals surface area contributed by atoms with Crippen LogP contribution in [-0.4, -0.2) is 21.8 Å². The smallest absolute Gasteiger partial charge is 0.302 e. The lowest BCUT2D eigenvalue weighted by molar-refractivity contribution is -0.118. The lowest BCUT2D eigenvalue weighted by Gasteiger charge is -2.27. The molecule has 172 valence electrons. The number of carbonyl (C=O) groups is 1. The van der Waals surface area contributed by atoms with Crippen molar-refractivity contribution in [1.82, 2.24) is 20.6 Å². The number of aromatic nitrogens is 2. The number of hydrogen-bond acceptors (Lipinski definition) is 7. The van der Waals surface area contributed by atoms with Gasteiger partial charge in [0, 0.05) is 28.9 Å². The number of fused-ring (bicyclic) bond motifs is 1. The molecule has 0 radical (unpaired) electrons. The molecule has 3 heterocycles. The summed E-state index contributed by atoms with van der Waals surface area (Å²) in [5.74, 6) is 1.01. The molecule has 0 bridgehead atoms. The monoisotopic (exact) mass is 474 g/mol. The van der Waals surface area contributed by atoms with E-state index in [-0.39, 0.29) is 5.91 Å². The van der Waals surface area contributed by atoms with E-state index in [9.17, 15) is 4.79 Å². The van der Waals surface area contributed by atoms with Crippen molar-refractivity contribution in [2.45, 2.75) is 32.4 Å². The molecule has 2 aromatic heterocycles. The number of halogens is 1. The molecule has 9 heteroatoms. The van der Waals surface area contributed by atoms with E-state index in [1.54, 1.807) is 12.3 Å². The number of aliphatic imine (C=N–C) groups is 1. The van der Waals surface area contributed by atoms with Crippen LogP contribution in [0.3, 0.4) is 0 Å². The Labute approximate surface area is 201 Å². The highest BCUT2D eigenvalue weighted by molar-refractivity contribution is 6.31. The van der Waals surface area contributed by atoms with E-state index in [0.717, 1.165) is 35.6 Å². The number of carbonyl (C=O) groups excluding carboxylic acids is 1. The summed E-state index contributed by atoms with van der Waals surface area (Å²) in [5.41, 5.74) is 3.43. The highest BCUT2D eigenvalue weighted by Crippen LogP contribution is 2.35. The number of allylic oxidation sites excluding steroid dienone is 2. The Kier molecular flexibility index (Phi) is 6.14. The van der Waals surface area contributed by atoms with E-state index in [0.29, 0.717) is 34.8 Å². The first kappa shape index (κ1) is 21.9. The van der Waals surface area contributed by atoms with Crippen LogP contribution in [0.2, 0.25) is 5.02 Å². The van der Waals surface area contributed by atoms with Crippen LogP contribution in [0.1, 0.15) is 42.1 Å². The molecule has 0 saturated carbocycles. The molecule has 2 aliphatic rings. The van der Waals surface area contributed by atoms with Gasteiger partial charge in [-0.25, -0.2) is 4.99 Å². The lowest BCUT2D eigenvalue weighted by atomic mass is 9.95. The Morgan fingerprint density at radius 2 is 2.09 bits per heavy atom. The predicted molar refractivity (Wildman–Crippen MR) is 131 cm³/mol. The van der Waals surface area contributed by atoms with E-state index in [2.05, 4.69) is 32.0 Å². The molecule has 3 N–H and O–H groups in total. The van der Waals surface area contributed by atoms with Gasteiger partial charge in [0.15, 0.2) is 0 Å². The van der Waals surface area contributed by atoms with Crippen molar-refractivity contribution in [1.29, 1.82) is 0 Å². The number of hydrogen-bond donors (Lipinski definition) is 3. The number of amides is 1. The summed E-state index contributed by atoms with van der Waals surface area (Å²) in [6.45, 7) is 2.13. The van der Waals surface area contributed by atoms with Crippen molar-refractivity contribution in [3.63, 3.8) is 0 Å². The third kappa shape index (κ3) is 4.58. The number of aryl methyl sites for hydroxylation is 1. The Hall–Kier alpha value is -3.91. The largest absolute Gasteiger partial charge is 0.428 e. The Bertz CT molecular complexity index is 1310. The first-order valence-corrected chi connectivity index (χ1v) is 11.4. The number of anilines is 1. The van der Waals surface area contributed by atoms with Crippen LogP contribution in [0.25, 0.3) is 6.08 Å². The van der Waals surface area contributed by atoms with Gasteiger partial charge in [0.25, 0.3) is 5.91 Å². The topological polar surface area (TPSA) is 104 Å². The van der Waals surface area contributed by atoms with Gasteiger partial charge < -0.3 is 15.1 Å². The fourth-order valence-corrected chi connectivity index (χ4v) is 4.20. The summed E-state index contributed by atoms with van der Waals surface area (Å²) in [6.07, 6.45) is 7.45. The standard InChI is InChI=1S/C25H23ClN6O2/c1-15-21(23(33)28-14-16-8-6-7-13-27-16)22(17-9-2-3-10-18(17)26)31-24(29-15)32-25-30-19-11-4-5-12-20(19)34-25/h2-4,6-11,13,22H,5,12,14H2,1H3,(H,28,33)(H2,29,30,31,32). The maximum atomic E-state index is 13.3. The summed E-state index contributed by atoms with van der Waals surface area (Å²) < 4.78 is 5.85. The molecular weight excluding hydrogens is 452 g/mol. The molecule has 34 heavy (non-hydrogen) atoms. The zero-order chi connectivity index (χ0) is 23.5. The summed E-state index contributed by atoms with van der Waals surface area (Å²) >= 11 is 6.51. The second-order valence-electron chi connectivity index (χ2n) is 7.96. The molecular formula is C25H23ClN6O2. The summed E-state index contributed by atoms with van der Waals surface area (Å²) in [5, 5.41) is 9.76. The summed E-state index contributed by atoms with van der Waals surface area (Å²) in [6, 6.07) is 12.7. The molecule has 1 amide bonds. The average molecular weight is 475 g/mol. The molecule has 1 atom stereocenters. The SMILES string of the molecule is CC1=C(C(=O)NCc2ccccn2)C(c2ccccc2Cl)N=C(Nc2nc3c(o2)CCC=C3)N1. The number of nitrogens with zero attached hydrogens (tertiary/aromatic N) is 3. The number of pyridine rings is 1. The van der Waals surface area contributed by atoms with Crippen molar-refractivity contribution in [2.24, 2.45) is 4.99 Å². The molecule has 1 aliphatic heterocycles. The highest BCUT2D eigenvalue weighted by atomic mass is 35.5. The number of nitrogens with one attached hydrogen (secondary N) is 3. The van der Waals surface area contributed by atoms with E-state index in [1.807, 2.05) is 49.4 Å². The minimum atomic E-state index is -0.620. The van der Waals surface area contributed by atoms with Crippen LogP contribution in [0.15, 0.2) is 75.4 Å². The maximum Gasteiger partial charge on any atom is 0.302 e. The quantitative estimate of drug-likeness (QED) is 0.506. The van der Waals surface area contributed by atoms with Crippen LogP contribution >= 0.6 is 11.6 Å². The van der Waals surface area contributed by atoms with Gasteiger partial charge in [-0.05, 0) is 37.6 Å². The number of rotatable bonds is 5. The third-order valence-electron chi connectivity index (χ3n) is 5.61. The summed E-state index contributed by atoms with van der Waals surface area (Å²) in [7, 11) is 0. The van der Waals surface area contributed by atoms with E-state index >= 15 is 0 Å². The Morgan fingerprint density at radius 3 is 2.88 bits per heavy atom. The molecule has 8 nitrogen and oxygen atoms in total. The van der Waals surface area contributed by atoms with Gasteiger partial charge in [-0.1, -0.05) is 41.9 Å². The lowest BCUT2D eigenvalue weighted by Crippen LogP contribution is -2.39. The van der Waals surface area contributed by atoms with Crippen molar-refractivity contribution in [2.75, 3.05) is 5.32 Å². The van der Waals surface area contributed by atoms with Crippen molar-refractivity contribution in [3.05, 3.63) is 93.7 Å². The Balaban J connectivity index is 1.43. The van der Waals surface area contributed by atoms with Crippen molar-refractivity contribution in [3.8, 4) is 0 Å². The predicted octanol–water partition coefficient (Wildman–Crippen LogP) is 4.39. The first-order valence-electron chi connectivity index (χ1n) is 11.0. The zero-order valence-corrected chi connectivity index (χ0v) is 19.3. The van der Waals surface area contributed by atoms with Crippen LogP contribution in [0.4, 0.5) is 6.01 Å². The van der Waals surface area contributed by atoms with Gasteiger partial charge in [-0.15, -0.1) is 0 Å². The molecule has 1 aliphatic carbocycles. The maximum absolute atomic E-state index is 13.3. The van der Waals surface area contributed by atoms with Crippen molar-refractivity contribution >= 4 is 35.6 Å². The highest BCUT2D eigenvalue weighted by Gasteiger charge is 2.31. The number of oxazole rings is 1. The normalized spacial score (nSPS) is 17.0.